The lowest BCUT2D eigenvalue weighted by molar-refractivity contribution is 0.0722. The molecule has 0 aliphatic rings. The number of nitrogens with zero attached hydrogens (tertiary/aromatic N) is 4. The van der Waals surface area contributed by atoms with Gasteiger partial charge in [-0.15, -0.1) is 5.10 Å². The molecule has 1 amide bonds. The molecule has 138 valence electrons. The number of amides is 1. The minimum atomic E-state index is -0.149. The molecule has 2 aromatic carbocycles. The molecule has 0 aliphatic heterocycles. The van der Waals surface area contributed by atoms with Crippen molar-refractivity contribution in [2.45, 2.75) is 13.1 Å². The topological polar surface area (TPSA) is 59.0 Å². The molecule has 2 aromatic heterocycles. The lowest BCUT2D eigenvalue weighted by Crippen LogP contribution is -2.30. The van der Waals surface area contributed by atoms with Crippen LogP contribution < -0.4 is 0 Å². The summed E-state index contributed by atoms with van der Waals surface area (Å²) in [6, 6.07) is 24.2. The first-order valence-corrected chi connectivity index (χ1v) is 9.74. The Morgan fingerprint density at radius 1 is 0.893 bits per heavy atom. The van der Waals surface area contributed by atoms with Crippen molar-refractivity contribution in [3.63, 3.8) is 0 Å². The average Bonchev–Trinajstić information content (AvgIpc) is 3.29. The predicted molar refractivity (Wildman–Crippen MR) is 110 cm³/mol. The van der Waals surface area contributed by atoms with E-state index in [-0.39, 0.29) is 5.91 Å². The van der Waals surface area contributed by atoms with E-state index in [4.69, 9.17) is 0 Å². The van der Waals surface area contributed by atoms with Gasteiger partial charge in [0.25, 0.3) is 5.91 Å². The molecule has 0 radical (unpaired) electrons. The maximum absolute atomic E-state index is 13.0. The highest BCUT2D eigenvalue weighted by molar-refractivity contribution is 7.03. The smallest absolute Gasteiger partial charge is 0.275 e. The summed E-state index contributed by atoms with van der Waals surface area (Å²) in [5.41, 5.74) is 4.52. The molecule has 28 heavy (non-hydrogen) atoms. The fraction of sp³-hybridized carbons (Fsp3) is 0.0909. The molecule has 0 spiro atoms. The van der Waals surface area contributed by atoms with Gasteiger partial charge in [-0.05, 0) is 46.4 Å². The van der Waals surface area contributed by atoms with Gasteiger partial charge in [-0.2, -0.15) is 0 Å². The summed E-state index contributed by atoms with van der Waals surface area (Å²) in [5.74, 6) is -0.149. The standard InChI is InChI=1S/C22H18N4OS/c27-22(21-16-28-25-24-21)26(15-20-11-4-5-12-23-20)14-17-7-6-10-19(13-17)18-8-2-1-3-9-18/h1-13,16H,14-15H2. The zero-order chi connectivity index (χ0) is 19.2. The first-order chi connectivity index (χ1) is 13.8. The average molecular weight is 386 g/mol. The number of rotatable bonds is 6. The first-order valence-electron chi connectivity index (χ1n) is 8.90. The maximum Gasteiger partial charge on any atom is 0.275 e. The molecule has 0 aliphatic carbocycles. The third-order valence-corrected chi connectivity index (χ3v) is 4.86. The SMILES string of the molecule is O=C(c1csnn1)N(Cc1cccc(-c2ccccc2)c1)Cc1ccccn1. The minimum Gasteiger partial charge on any atom is -0.327 e. The summed E-state index contributed by atoms with van der Waals surface area (Å²) in [7, 11) is 0. The number of hydrogen-bond acceptors (Lipinski definition) is 5. The van der Waals surface area contributed by atoms with Crippen LogP contribution in [0.3, 0.4) is 0 Å². The maximum atomic E-state index is 13.0. The summed E-state index contributed by atoms with van der Waals surface area (Å²) in [6.07, 6.45) is 1.73. The molecule has 6 heteroatoms. The van der Waals surface area contributed by atoms with Crippen LogP contribution in [0.25, 0.3) is 11.1 Å². The van der Waals surface area contributed by atoms with E-state index in [9.17, 15) is 4.79 Å². The number of aromatic nitrogens is 3. The number of benzene rings is 2. The van der Waals surface area contributed by atoms with Crippen LogP contribution in [0, 0.1) is 0 Å². The van der Waals surface area contributed by atoms with Crippen LogP contribution in [0.5, 0.6) is 0 Å². The Labute approximate surface area is 167 Å². The van der Waals surface area contributed by atoms with E-state index in [0.29, 0.717) is 18.8 Å². The number of carbonyl (C=O) groups excluding carboxylic acids is 1. The van der Waals surface area contributed by atoms with Crippen molar-refractivity contribution < 1.29 is 4.79 Å². The largest absolute Gasteiger partial charge is 0.327 e. The van der Waals surface area contributed by atoms with E-state index in [0.717, 1.165) is 22.4 Å². The summed E-state index contributed by atoms with van der Waals surface area (Å²) in [5, 5.41) is 5.62. The van der Waals surface area contributed by atoms with Gasteiger partial charge in [0.1, 0.15) is 0 Å². The van der Waals surface area contributed by atoms with Gasteiger partial charge in [0.2, 0.25) is 0 Å². The molecule has 5 nitrogen and oxygen atoms in total. The quantitative estimate of drug-likeness (QED) is 0.491. The van der Waals surface area contributed by atoms with Crippen molar-refractivity contribution in [2.24, 2.45) is 0 Å². The molecule has 0 fully saturated rings. The van der Waals surface area contributed by atoms with Crippen molar-refractivity contribution in [3.8, 4) is 11.1 Å². The highest BCUT2D eigenvalue weighted by atomic mass is 32.1. The fourth-order valence-electron chi connectivity index (χ4n) is 3.01. The molecular formula is C22H18N4OS. The molecule has 0 bridgehead atoms. The predicted octanol–water partition coefficient (Wildman–Crippen LogP) is 4.44. The molecule has 2 heterocycles. The third-order valence-electron chi connectivity index (χ3n) is 4.35. The third kappa shape index (κ3) is 4.29. The summed E-state index contributed by atoms with van der Waals surface area (Å²) in [6.45, 7) is 0.875. The normalized spacial score (nSPS) is 10.6. The number of hydrogen-bond donors (Lipinski definition) is 0. The van der Waals surface area contributed by atoms with Crippen molar-refractivity contribution in [1.29, 1.82) is 0 Å². The zero-order valence-corrected chi connectivity index (χ0v) is 15.9. The fourth-order valence-corrected chi connectivity index (χ4v) is 3.44. The molecular weight excluding hydrogens is 368 g/mol. The Morgan fingerprint density at radius 2 is 1.71 bits per heavy atom. The van der Waals surface area contributed by atoms with Crippen LogP contribution >= 0.6 is 11.5 Å². The number of pyridine rings is 1. The van der Waals surface area contributed by atoms with Gasteiger partial charge >= 0.3 is 0 Å². The lowest BCUT2D eigenvalue weighted by Gasteiger charge is -2.22. The summed E-state index contributed by atoms with van der Waals surface area (Å²) < 4.78 is 3.82. The van der Waals surface area contributed by atoms with E-state index in [1.54, 1.807) is 16.5 Å². The molecule has 0 saturated carbocycles. The van der Waals surface area contributed by atoms with Crippen molar-refractivity contribution >= 4 is 17.4 Å². The van der Waals surface area contributed by atoms with E-state index in [1.165, 1.54) is 11.5 Å². The van der Waals surface area contributed by atoms with Crippen molar-refractivity contribution in [1.82, 2.24) is 19.5 Å². The van der Waals surface area contributed by atoms with Crippen molar-refractivity contribution in [3.05, 3.63) is 101 Å². The second-order valence-corrected chi connectivity index (χ2v) is 6.95. The van der Waals surface area contributed by atoms with E-state index in [1.807, 2.05) is 48.5 Å². The molecule has 0 saturated heterocycles. The molecule has 4 aromatic rings. The van der Waals surface area contributed by atoms with Gasteiger partial charge in [-0.1, -0.05) is 59.1 Å². The Hall–Kier alpha value is -3.38. The van der Waals surface area contributed by atoms with Gasteiger partial charge in [-0.25, -0.2) is 0 Å². The molecule has 0 unspecified atom stereocenters. The van der Waals surface area contributed by atoms with Crippen LogP contribution in [0.1, 0.15) is 21.7 Å². The van der Waals surface area contributed by atoms with Gasteiger partial charge in [0, 0.05) is 18.1 Å². The van der Waals surface area contributed by atoms with Crippen LogP contribution in [0.15, 0.2) is 84.4 Å². The van der Waals surface area contributed by atoms with Gasteiger partial charge < -0.3 is 4.90 Å². The van der Waals surface area contributed by atoms with Gasteiger partial charge in [0.15, 0.2) is 5.69 Å². The number of carbonyl (C=O) groups is 1. The van der Waals surface area contributed by atoms with E-state index >= 15 is 0 Å². The highest BCUT2D eigenvalue weighted by Crippen LogP contribution is 2.21. The van der Waals surface area contributed by atoms with Crippen LogP contribution in [-0.2, 0) is 13.1 Å². The van der Waals surface area contributed by atoms with Crippen LogP contribution in [0.2, 0.25) is 0 Å². The van der Waals surface area contributed by atoms with Crippen molar-refractivity contribution in [2.75, 3.05) is 0 Å². The summed E-state index contributed by atoms with van der Waals surface area (Å²) >= 11 is 1.17. The first kappa shape index (κ1) is 18.0. The molecule has 0 N–H and O–H groups in total. The van der Waals surface area contributed by atoms with E-state index in [2.05, 4.69) is 38.8 Å². The second kappa shape index (κ2) is 8.54. The van der Waals surface area contributed by atoms with Crippen LogP contribution in [-0.4, -0.2) is 25.4 Å². The minimum absolute atomic E-state index is 0.149. The van der Waals surface area contributed by atoms with Gasteiger partial charge in [0.05, 0.1) is 12.2 Å². The Morgan fingerprint density at radius 3 is 2.46 bits per heavy atom. The monoisotopic (exact) mass is 386 g/mol. The Kier molecular flexibility index (Phi) is 5.49. The summed E-state index contributed by atoms with van der Waals surface area (Å²) in [4.78, 5) is 19.1. The molecule has 4 rings (SSSR count). The molecule has 0 atom stereocenters. The van der Waals surface area contributed by atoms with Gasteiger partial charge in [-0.3, -0.25) is 9.78 Å². The Bertz CT molecular complexity index is 1040. The van der Waals surface area contributed by atoms with E-state index < -0.39 is 0 Å². The zero-order valence-electron chi connectivity index (χ0n) is 15.1. The lowest BCUT2D eigenvalue weighted by atomic mass is 10.0. The highest BCUT2D eigenvalue weighted by Gasteiger charge is 2.19. The van der Waals surface area contributed by atoms with Crippen LogP contribution in [0.4, 0.5) is 0 Å². The second-order valence-electron chi connectivity index (χ2n) is 6.34. The Balaban J connectivity index is 1.61.